The number of aliphatic hydroxyl groups is 2. The van der Waals surface area contributed by atoms with Crippen molar-refractivity contribution in [3.8, 4) is 0 Å². The summed E-state index contributed by atoms with van der Waals surface area (Å²) in [6.45, 7) is -1.15. The second kappa shape index (κ2) is 7.22. The molecule has 0 fully saturated rings. The Morgan fingerprint density at radius 1 is 1.27 bits per heavy atom. The van der Waals surface area contributed by atoms with Crippen LogP contribution in [0.4, 0.5) is 0 Å². The fourth-order valence-corrected chi connectivity index (χ4v) is 0.602. The van der Waals surface area contributed by atoms with E-state index < -0.39 is 37.5 Å². The molecule has 12 heteroatoms. The number of phosphoric acid groups is 1. The Morgan fingerprint density at radius 2 is 1.60 bits per heavy atom. The third-order valence-corrected chi connectivity index (χ3v) is 1.13. The molecule has 0 aromatic carbocycles. The van der Waals surface area contributed by atoms with Gasteiger partial charge < -0.3 is 20.0 Å². The van der Waals surface area contributed by atoms with Crippen LogP contribution in [-0.2, 0) is 19.5 Å². The number of hydrogen-bond acceptors (Lipinski definition) is 6. The molecule has 0 amide bonds. The molecule has 0 aliphatic rings. The highest BCUT2D eigenvalue weighted by atomic mass is 32.3. The Kier molecular flexibility index (Phi) is 8.33. The standard InChI is InChI=1S/C3H9O6P.H2O4S/c4-1-3(5)2-9-10(6,7)8;1-5(2,3)4/h3-5H,1-2H2,(H2,6,7,8);(H2,1,2,3,4). The van der Waals surface area contributed by atoms with E-state index in [1.165, 1.54) is 0 Å². The van der Waals surface area contributed by atoms with E-state index >= 15 is 0 Å². The molecule has 0 spiro atoms. The number of rotatable bonds is 4. The SMILES string of the molecule is O=P(O)(O)OCC(O)CO.O=S(=O)(O)O. The first kappa shape index (κ1) is 17.3. The summed E-state index contributed by atoms with van der Waals surface area (Å²) in [5.41, 5.74) is 0. The second-order valence-electron chi connectivity index (χ2n) is 2.07. The highest BCUT2D eigenvalue weighted by molar-refractivity contribution is 7.79. The molecule has 0 saturated heterocycles. The van der Waals surface area contributed by atoms with Crippen molar-refractivity contribution < 1.29 is 46.6 Å². The van der Waals surface area contributed by atoms with Crippen molar-refractivity contribution in [2.24, 2.45) is 0 Å². The third kappa shape index (κ3) is 31.5. The summed E-state index contributed by atoms with van der Waals surface area (Å²) < 4.78 is 45.4. The summed E-state index contributed by atoms with van der Waals surface area (Å²) in [6, 6.07) is 0. The Labute approximate surface area is 84.9 Å². The Morgan fingerprint density at radius 3 is 1.80 bits per heavy atom. The maximum atomic E-state index is 9.93. The molecule has 0 bridgehead atoms. The van der Waals surface area contributed by atoms with Gasteiger partial charge in [-0.25, -0.2) is 4.57 Å². The molecular formula is C3H11O10PS. The smallest absolute Gasteiger partial charge is 0.394 e. The fourth-order valence-electron chi connectivity index (χ4n) is 0.236. The van der Waals surface area contributed by atoms with Crippen molar-refractivity contribution in [1.29, 1.82) is 0 Å². The highest BCUT2D eigenvalue weighted by Crippen LogP contribution is 2.35. The lowest BCUT2D eigenvalue weighted by Crippen LogP contribution is -2.18. The van der Waals surface area contributed by atoms with Crippen molar-refractivity contribution in [3.05, 3.63) is 0 Å². The van der Waals surface area contributed by atoms with E-state index in [1.807, 2.05) is 0 Å². The van der Waals surface area contributed by atoms with Crippen LogP contribution in [-0.4, -0.2) is 56.8 Å². The quantitative estimate of drug-likeness (QED) is 0.242. The lowest BCUT2D eigenvalue weighted by Gasteiger charge is -2.07. The summed E-state index contributed by atoms with van der Waals surface area (Å²) in [7, 11) is -9.17. The zero-order valence-corrected chi connectivity index (χ0v) is 8.87. The van der Waals surface area contributed by atoms with Crippen LogP contribution in [0.3, 0.4) is 0 Å². The van der Waals surface area contributed by atoms with Crippen molar-refractivity contribution in [2.75, 3.05) is 13.2 Å². The number of aliphatic hydroxyl groups excluding tert-OH is 2. The molecule has 1 atom stereocenters. The Balaban J connectivity index is 0. The normalized spacial score (nSPS) is 14.0. The molecule has 94 valence electrons. The first-order chi connectivity index (χ1) is 6.45. The maximum Gasteiger partial charge on any atom is 0.469 e. The average Bonchev–Trinajstić information content (AvgIpc) is 1.95. The lowest BCUT2D eigenvalue weighted by molar-refractivity contribution is 0.0419. The van der Waals surface area contributed by atoms with E-state index in [4.69, 9.17) is 37.5 Å². The molecule has 10 nitrogen and oxygen atoms in total. The van der Waals surface area contributed by atoms with Gasteiger partial charge in [0.1, 0.15) is 6.10 Å². The van der Waals surface area contributed by atoms with Gasteiger partial charge in [-0.2, -0.15) is 8.42 Å². The first-order valence-electron chi connectivity index (χ1n) is 3.14. The monoisotopic (exact) mass is 270 g/mol. The minimum Gasteiger partial charge on any atom is -0.394 e. The molecule has 0 aromatic rings. The van der Waals surface area contributed by atoms with Crippen molar-refractivity contribution in [1.82, 2.24) is 0 Å². The van der Waals surface area contributed by atoms with E-state index in [9.17, 15) is 4.57 Å². The van der Waals surface area contributed by atoms with Gasteiger partial charge in [0.05, 0.1) is 13.2 Å². The predicted octanol–water partition coefficient (Wildman–Crippen LogP) is -2.20. The van der Waals surface area contributed by atoms with Gasteiger partial charge in [-0.3, -0.25) is 13.6 Å². The van der Waals surface area contributed by atoms with Gasteiger partial charge in [-0.05, 0) is 0 Å². The summed E-state index contributed by atoms with van der Waals surface area (Å²) >= 11 is 0. The van der Waals surface area contributed by atoms with Crippen LogP contribution in [0.1, 0.15) is 0 Å². The zero-order chi connectivity index (χ0) is 12.7. The van der Waals surface area contributed by atoms with Gasteiger partial charge in [0.15, 0.2) is 0 Å². The van der Waals surface area contributed by atoms with Crippen molar-refractivity contribution in [3.63, 3.8) is 0 Å². The number of hydrogen-bond donors (Lipinski definition) is 6. The van der Waals surface area contributed by atoms with Crippen LogP contribution < -0.4 is 0 Å². The summed E-state index contributed by atoms with van der Waals surface area (Å²) in [4.78, 5) is 16.1. The minimum absolute atomic E-state index is 0.569. The van der Waals surface area contributed by atoms with E-state index in [-0.39, 0.29) is 0 Å². The molecule has 15 heavy (non-hydrogen) atoms. The van der Waals surface area contributed by atoms with Crippen LogP contribution in [0.25, 0.3) is 0 Å². The van der Waals surface area contributed by atoms with E-state index in [1.54, 1.807) is 0 Å². The van der Waals surface area contributed by atoms with Gasteiger partial charge in [0, 0.05) is 0 Å². The minimum atomic E-state index is -4.67. The third-order valence-electron chi connectivity index (χ3n) is 0.646. The van der Waals surface area contributed by atoms with Crippen LogP contribution >= 0.6 is 7.82 Å². The van der Waals surface area contributed by atoms with Gasteiger partial charge in [0.2, 0.25) is 0 Å². The Bertz CT molecular complexity index is 282. The van der Waals surface area contributed by atoms with E-state index in [2.05, 4.69) is 4.52 Å². The Hall–Kier alpha value is -0.100. The summed E-state index contributed by atoms with van der Waals surface area (Å²) in [5.74, 6) is 0. The number of phosphoric ester groups is 1. The van der Waals surface area contributed by atoms with Gasteiger partial charge >= 0.3 is 18.2 Å². The first-order valence-corrected chi connectivity index (χ1v) is 6.07. The average molecular weight is 270 g/mol. The van der Waals surface area contributed by atoms with Gasteiger partial charge in [-0.15, -0.1) is 0 Å². The molecule has 0 radical (unpaired) electrons. The molecule has 0 aliphatic heterocycles. The predicted molar refractivity (Wildman–Crippen MR) is 45.3 cm³/mol. The molecule has 0 aromatic heterocycles. The van der Waals surface area contributed by atoms with Crippen LogP contribution in [0.2, 0.25) is 0 Å². The van der Waals surface area contributed by atoms with Crippen LogP contribution in [0, 0.1) is 0 Å². The largest absolute Gasteiger partial charge is 0.469 e. The second-order valence-corrected chi connectivity index (χ2v) is 4.21. The van der Waals surface area contributed by atoms with E-state index in [0.29, 0.717) is 0 Å². The van der Waals surface area contributed by atoms with Crippen LogP contribution in [0.15, 0.2) is 0 Å². The molecule has 1 unspecified atom stereocenters. The molecule has 0 aliphatic carbocycles. The van der Waals surface area contributed by atoms with Gasteiger partial charge in [0.25, 0.3) is 0 Å². The van der Waals surface area contributed by atoms with E-state index in [0.717, 1.165) is 0 Å². The van der Waals surface area contributed by atoms with Crippen molar-refractivity contribution in [2.45, 2.75) is 6.10 Å². The molecule has 0 saturated carbocycles. The molecule has 6 N–H and O–H groups in total. The van der Waals surface area contributed by atoms with Crippen molar-refractivity contribution >= 4 is 18.2 Å². The molecular weight excluding hydrogens is 259 g/mol. The lowest BCUT2D eigenvalue weighted by atomic mass is 10.4. The fraction of sp³-hybridized carbons (Fsp3) is 1.00. The summed E-state index contributed by atoms with van der Waals surface area (Å²) in [5, 5.41) is 16.7. The highest BCUT2D eigenvalue weighted by Gasteiger charge is 2.15. The zero-order valence-electron chi connectivity index (χ0n) is 7.16. The maximum absolute atomic E-state index is 9.93. The molecule has 0 rings (SSSR count). The van der Waals surface area contributed by atoms with Gasteiger partial charge in [-0.1, -0.05) is 0 Å². The van der Waals surface area contributed by atoms with Crippen LogP contribution in [0.5, 0.6) is 0 Å². The molecule has 0 heterocycles. The summed E-state index contributed by atoms with van der Waals surface area (Å²) in [6.07, 6.45) is -1.24. The topological polar surface area (TPSA) is 182 Å².